The lowest BCUT2D eigenvalue weighted by Crippen LogP contribution is -2.53. The fourth-order valence-corrected chi connectivity index (χ4v) is 3.31. The molecule has 0 aromatic rings. The maximum atomic E-state index is 12.8. The van der Waals surface area contributed by atoms with Gasteiger partial charge in [-0.25, -0.2) is 0 Å². The van der Waals surface area contributed by atoms with E-state index in [1.54, 1.807) is 7.11 Å². The van der Waals surface area contributed by atoms with Gasteiger partial charge in [0.1, 0.15) is 0 Å². The summed E-state index contributed by atoms with van der Waals surface area (Å²) in [6.07, 6.45) is 4.21. The minimum atomic E-state index is -0.267. The van der Waals surface area contributed by atoms with Gasteiger partial charge in [-0.2, -0.15) is 0 Å². The molecule has 0 radical (unpaired) electrons. The first-order chi connectivity index (χ1) is 8.68. The van der Waals surface area contributed by atoms with Crippen molar-refractivity contribution in [2.45, 2.75) is 32.6 Å². The lowest BCUT2D eigenvalue weighted by atomic mass is 9.77. The number of likely N-dealkylation sites (tertiary alicyclic amines) is 1. The van der Waals surface area contributed by atoms with Gasteiger partial charge in [-0.05, 0) is 44.7 Å². The topological polar surface area (TPSA) is 41.6 Å². The Hall–Kier alpha value is -0.610. The number of amides is 1. The summed E-state index contributed by atoms with van der Waals surface area (Å²) in [6.45, 7) is 6.53. The van der Waals surface area contributed by atoms with Gasteiger partial charge in [-0.15, -0.1) is 0 Å². The standard InChI is InChI=1S/C14H26N2O2/c1-12-4-3-9-16(10-12)13(17)14(11-18-2)5-7-15-8-6-14/h12,15H,3-11H2,1-2H3. The molecule has 2 heterocycles. The van der Waals surface area contributed by atoms with E-state index in [-0.39, 0.29) is 5.41 Å². The number of methoxy groups -OCH3 is 1. The summed E-state index contributed by atoms with van der Waals surface area (Å²) in [5, 5.41) is 3.34. The first-order valence-electron chi connectivity index (χ1n) is 7.17. The third kappa shape index (κ3) is 2.86. The van der Waals surface area contributed by atoms with Gasteiger partial charge in [0.05, 0.1) is 12.0 Å². The van der Waals surface area contributed by atoms with Gasteiger partial charge in [-0.1, -0.05) is 6.92 Å². The number of hydrogen-bond donors (Lipinski definition) is 1. The van der Waals surface area contributed by atoms with Crippen LogP contribution in [0.1, 0.15) is 32.6 Å². The van der Waals surface area contributed by atoms with E-state index in [0.717, 1.165) is 45.4 Å². The molecule has 2 rings (SSSR count). The van der Waals surface area contributed by atoms with Crippen molar-refractivity contribution in [1.29, 1.82) is 0 Å². The van der Waals surface area contributed by atoms with Crippen LogP contribution >= 0.6 is 0 Å². The molecule has 0 aromatic carbocycles. The second-order valence-electron chi connectivity index (χ2n) is 5.96. The summed E-state index contributed by atoms with van der Waals surface area (Å²) in [6, 6.07) is 0. The van der Waals surface area contributed by atoms with Gasteiger partial charge in [0, 0.05) is 20.2 Å². The largest absolute Gasteiger partial charge is 0.384 e. The molecule has 1 N–H and O–H groups in total. The zero-order chi connectivity index (χ0) is 13.0. The average Bonchev–Trinajstić information content (AvgIpc) is 2.39. The zero-order valence-electron chi connectivity index (χ0n) is 11.7. The normalized spacial score (nSPS) is 28.1. The fourth-order valence-electron chi connectivity index (χ4n) is 3.31. The molecule has 2 saturated heterocycles. The van der Waals surface area contributed by atoms with Crippen LogP contribution in [0.5, 0.6) is 0 Å². The van der Waals surface area contributed by atoms with Crippen LogP contribution in [-0.2, 0) is 9.53 Å². The number of rotatable bonds is 3. The highest BCUT2D eigenvalue weighted by Crippen LogP contribution is 2.33. The van der Waals surface area contributed by atoms with E-state index in [1.807, 2.05) is 0 Å². The molecule has 4 heteroatoms. The molecule has 2 aliphatic heterocycles. The van der Waals surface area contributed by atoms with Crippen LogP contribution in [0.3, 0.4) is 0 Å². The van der Waals surface area contributed by atoms with Gasteiger partial charge in [0.2, 0.25) is 5.91 Å². The molecule has 4 nitrogen and oxygen atoms in total. The smallest absolute Gasteiger partial charge is 0.231 e. The van der Waals surface area contributed by atoms with E-state index in [1.165, 1.54) is 6.42 Å². The fraction of sp³-hybridized carbons (Fsp3) is 0.929. The van der Waals surface area contributed by atoms with Crippen molar-refractivity contribution in [3.05, 3.63) is 0 Å². The lowest BCUT2D eigenvalue weighted by molar-refractivity contribution is -0.149. The number of hydrogen-bond acceptors (Lipinski definition) is 3. The molecule has 0 spiro atoms. The Bertz CT molecular complexity index is 282. The summed E-state index contributed by atoms with van der Waals surface area (Å²) >= 11 is 0. The maximum absolute atomic E-state index is 12.8. The minimum Gasteiger partial charge on any atom is -0.384 e. The van der Waals surface area contributed by atoms with Crippen LogP contribution < -0.4 is 5.32 Å². The molecule has 1 unspecified atom stereocenters. The third-order valence-corrected chi connectivity index (χ3v) is 4.38. The minimum absolute atomic E-state index is 0.267. The Morgan fingerprint density at radius 3 is 2.78 bits per heavy atom. The van der Waals surface area contributed by atoms with Crippen LogP contribution in [0.25, 0.3) is 0 Å². The first-order valence-corrected chi connectivity index (χ1v) is 7.17. The molecule has 104 valence electrons. The number of carbonyl (C=O) groups is 1. The summed E-state index contributed by atoms with van der Waals surface area (Å²) < 4.78 is 5.35. The molecule has 1 amide bonds. The second-order valence-corrected chi connectivity index (χ2v) is 5.96. The quantitative estimate of drug-likeness (QED) is 0.824. The number of carbonyl (C=O) groups excluding carboxylic acids is 1. The maximum Gasteiger partial charge on any atom is 0.231 e. The van der Waals surface area contributed by atoms with Crippen LogP contribution in [0.4, 0.5) is 0 Å². The highest BCUT2D eigenvalue weighted by Gasteiger charge is 2.42. The molecule has 0 saturated carbocycles. The van der Waals surface area contributed by atoms with Crippen molar-refractivity contribution in [2.75, 3.05) is 39.9 Å². The summed E-state index contributed by atoms with van der Waals surface area (Å²) in [4.78, 5) is 14.9. The molecular formula is C14H26N2O2. The number of ether oxygens (including phenoxy) is 1. The number of nitrogens with one attached hydrogen (secondary N) is 1. The highest BCUT2D eigenvalue weighted by atomic mass is 16.5. The Labute approximate surface area is 110 Å². The Morgan fingerprint density at radius 2 is 2.17 bits per heavy atom. The van der Waals surface area contributed by atoms with E-state index in [0.29, 0.717) is 18.4 Å². The molecule has 2 fully saturated rings. The molecule has 1 atom stereocenters. The van der Waals surface area contributed by atoms with Gasteiger partial charge in [0.15, 0.2) is 0 Å². The molecule has 0 bridgehead atoms. The van der Waals surface area contributed by atoms with E-state index in [4.69, 9.17) is 4.74 Å². The number of piperidine rings is 2. The Balaban J connectivity index is 2.07. The van der Waals surface area contributed by atoms with Crippen molar-refractivity contribution in [2.24, 2.45) is 11.3 Å². The average molecular weight is 254 g/mol. The van der Waals surface area contributed by atoms with Crippen molar-refractivity contribution in [3.8, 4) is 0 Å². The van der Waals surface area contributed by atoms with Crippen molar-refractivity contribution >= 4 is 5.91 Å². The summed E-state index contributed by atoms with van der Waals surface area (Å²) in [5.74, 6) is 0.974. The molecule has 2 aliphatic rings. The van der Waals surface area contributed by atoms with Crippen LogP contribution in [0.15, 0.2) is 0 Å². The van der Waals surface area contributed by atoms with E-state index in [2.05, 4.69) is 17.1 Å². The van der Waals surface area contributed by atoms with Crippen molar-refractivity contribution in [3.63, 3.8) is 0 Å². The van der Waals surface area contributed by atoms with E-state index >= 15 is 0 Å². The third-order valence-electron chi connectivity index (χ3n) is 4.38. The van der Waals surface area contributed by atoms with Gasteiger partial charge >= 0.3 is 0 Å². The lowest BCUT2D eigenvalue weighted by Gasteiger charge is -2.42. The Kier molecular flexibility index (Phi) is 4.62. The van der Waals surface area contributed by atoms with Crippen LogP contribution in [0, 0.1) is 11.3 Å². The first kappa shape index (κ1) is 13.8. The summed E-state index contributed by atoms with van der Waals surface area (Å²) in [7, 11) is 1.70. The Morgan fingerprint density at radius 1 is 1.44 bits per heavy atom. The zero-order valence-corrected chi connectivity index (χ0v) is 11.7. The predicted octanol–water partition coefficient (Wildman–Crippen LogP) is 1.26. The van der Waals surface area contributed by atoms with Gasteiger partial charge < -0.3 is 15.0 Å². The van der Waals surface area contributed by atoms with Crippen LogP contribution in [0.2, 0.25) is 0 Å². The van der Waals surface area contributed by atoms with E-state index in [9.17, 15) is 4.79 Å². The van der Waals surface area contributed by atoms with E-state index < -0.39 is 0 Å². The monoisotopic (exact) mass is 254 g/mol. The number of nitrogens with zero attached hydrogens (tertiary/aromatic N) is 1. The highest BCUT2D eigenvalue weighted by molar-refractivity contribution is 5.83. The van der Waals surface area contributed by atoms with Crippen molar-refractivity contribution < 1.29 is 9.53 Å². The van der Waals surface area contributed by atoms with Gasteiger partial charge in [-0.3, -0.25) is 4.79 Å². The van der Waals surface area contributed by atoms with Crippen molar-refractivity contribution in [1.82, 2.24) is 10.2 Å². The predicted molar refractivity (Wildman–Crippen MR) is 71.4 cm³/mol. The molecular weight excluding hydrogens is 228 g/mol. The van der Waals surface area contributed by atoms with Crippen LogP contribution in [-0.4, -0.2) is 50.7 Å². The second kappa shape index (κ2) is 6.02. The molecule has 18 heavy (non-hydrogen) atoms. The summed E-state index contributed by atoms with van der Waals surface area (Å²) in [5.41, 5.74) is -0.267. The SMILES string of the molecule is COCC1(C(=O)N2CCCC(C)C2)CCNCC1. The molecule has 0 aromatic heterocycles. The molecule has 0 aliphatic carbocycles. The van der Waals surface area contributed by atoms with Gasteiger partial charge in [0.25, 0.3) is 0 Å².